The van der Waals surface area contributed by atoms with Crippen molar-refractivity contribution in [1.29, 1.82) is 0 Å². The summed E-state index contributed by atoms with van der Waals surface area (Å²) in [7, 11) is 0. The van der Waals surface area contributed by atoms with Crippen LogP contribution in [0.3, 0.4) is 0 Å². The molecule has 18 heavy (non-hydrogen) atoms. The van der Waals surface area contributed by atoms with Crippen molar-refractivity contribution in [2.75, 3.05) is 31.1 Å². The molecule has 3 N–H and O–H groups in total. The summed E-state index contributed by atoms with van der Waals surface area (Å²) in [5.74, 6) is 0.585. The van der Waals surface area contributed by atoms with E-state index in [1.807, 2.05) is 4.90 Å². The van der Waals surface area contributed by atoms with Crippen molar-refractivity contribution in [3.05, 3.63) is 21.2 Å². The number of rotatable bonds is 5. The fraction of sp³-hybridized carbons (Fsp3) is 0.636. The molecule has 2 rings (SSSR count). The van der Waals surface area contributed by atoms with Crippen LogP contribution in [0.1, 0.15) is 12.8 Å². The van der Waals surface area contributed by atoms with Gasteiger partial charge in [0, 0.05) is 19.1 Å². The molecule has 0 spiro atoms. The second kappa shape index (κ2) is 6.31. The van der Waals surface area contributed by atoms with E-state index in [0.717, 1.165) is 19.5 Å². The number of aliphatic hydroxyl groups excluding tert-OH is 1. The molecule has 1 aromatic rings. The second-order valence-electron chi connectivity index (χ2n) is 4.33. The van der Waals surface area contributed by atoms with Crippen LogP contribution in [0.2, 0.25) is 0 Å². The average molecular weight is 317 g/mol. The van der Waals surface area contributed by atoms with Crippen LogP contribution in [0.4, 0.5) is 5.82 Å². The molecule has 0 radical (unpaired) electrons. The SMILES string of the molecule is O=c1[nH]cnc(N(CCO)CC2CCCN2)c1Br. The number of nitrogens with zero attached hydrogens (tertiary/aromatic N) is 2. The van der Waals surface area contributed by atoms with E-state index in [1.165, 1.54) is 12.7 Å². The summed E-state index contributed by atoms with van der Waals surface area (Å²) in [4.78, 5) is 20.2. The number of hydrogen-bond acceptors (Lipinski definition) is 5. The van der Waals surface area contributed by atoms with Crippen LogP contribution in [0.25, 0.3) is 0 Å². The van der Waals surface area contributed by atoms with Gasteiger partial charge in [-0.15, -0.1) is 0 Å². The van der Waals surface area contributed by atoms with Crippen molar-refractivity contribution in [2.24, 2.45) is 0 Å². The Kier molecular flexibility index (Phi) is 4.73. The third kappa shape index (κ3) is 3.09. The number of halogens is 1. The van der Waals surface area contributed by atoms with E-state index >= 15 is 0 Å². The molecule has 1 aliphatic heterocycles. The van der Waals surface area contributed by atoms with Gasteiger partial charge in [-0.25, -0.2) is 4.98 Å². The number of aromatic nitrogens is 2. The molecule has 2 heterocycles. The van der Waals surface area contributed by atoms with Crippen molar-refractivity contribution in [1.82, 2.24) is 15.3 Å². The van der Waals surface area contributed by atoms with E-state index in [1.54, 1.807) is 0 Å². The Labute approximate surface area is 114 Å². The molecule has 0 amide bonds. The zero-order chi connectivity index (χ0) is 13.0. The monoisotopic (exact) mass is 316 g/mol. The third-order valence-corrected chi connectivity index (χ3v) is 3.77. The first-order chi connectivity index (χ1) is 8.72. The molecular formula is C11H17BrN4O2. The molecule has 0 bridgehead atoms. The Morgan fingerprint density at radius 1 is 1.61 bits per heavy atom. The van der Waals surface area contributed by atoms with Gasteiger partial charge < -0.3 is 20.3 Å². The largest absolute Gasteiger partial charge is 0.395 e. The Morgan fingerprint density at radius 2 is 2.44 bits per heavy atom. The van der Waals surface area contributed by atoms with Crippen molar-refractivity contribution in [3.8, 4) is 0 Å². The molecule has 0 saturated carbocycles. The maximum Gasteiger partial charge on any atom is 0.267 e. The minimum absolute atomic E-state index is 0.0354. The number of nitrogens with one attached hydrogen (secondary N) is 2. The average Bonchev–Trinajstić information content (AvgIpc) is 2.85. The quantitative estimate of drug-likeness (QED) is 0.717. The number of hydrogen-bond donors (Lipinski definition) is 3. The first kappa shape index (κ1) is 13.5. The minimum atomic E-state index is -0.206. The van der Waals surface area contributed by atoms with Crippen LogP contribution in [0, 0.1) is 0 Å². The zero-order valence-corrected chi connectivity index (χ0v) is 11.6. The first-order valence-electron chi connectivity index (χ1n) is 6.04. The van der Waals surface area contributed by atoms with Gasteiger partial charge in [0.1, 0.15) is 10.3 Å². The summed E-state index contributed by atoms with van der Waals surface area (Å²) in [6.45, 7) is 2.28. The number of aromatic amines is 1. The molecule has 1 unspecified atom stereocenters. The lowest BCUT2D eigenvalue weighted by Gasteiger charge is -2.26. The van der Waals surface area contributed by atoms with Crippen LogP contribution >= 0.6 is 15.9 Å². The summed E-state index contributed by atoms with van der Waals surface area (Å²) in [6.07, 6.45) is 3.67. The fourth-order valence-electron chi connectivity index (χ4n) is 2.18. The Balaban J connectivity index is 2.17. The molecule has 0 aliphatic carbocycles. The molecular weight excluding hydrogens is 300 g/mol. The van der Waals surface area contributed by atoms with Gasteiger partial charge in [-0.2, -0.15) is 0 Å². The summed E-state index contributed by atoms with van der Waals surface area (Å²) in [5, 5.41) is 12.5. The van der Waals surface area contributed by atoms with Gasteiger partial charge in [-0.1, -0.05) is 0 Å². The van der Waals surface area contributed by atoms with E-state index in [4.69, 9.17) is 5.11 Å². The molecule has 1 aliphatic rings. The maximum absolute atomic E-state index is 11.5. The van der Waals surface area contributed by atoms with Gasteiger partial charge in [0.05, 0.1) is 12.9 Å². The van der Waals surface area contributed by atoms with E-state index in [-0.39, 0.29) is 12.2 Å². The van der Waals surface area contributed by atoms with Gasteiger partial charge in [-0.05, 0) is 35.3 Å². The van der Waals surface area contributed by atoms with Crippen molar-refractivity contribution >= 4 is 21.7 Å². The normalized spacial score (nSPS) is 19.1. The van der Waals surface area contributed by atoms with Crippen LogP contribution in [-0.2, 0) is 0 Å². The van der Waals surface area contributed by atoms with Gasteiger partial charge in [0.25, 0.3) is 5.56 Å². The third-order valence-electron chi connectivity index (χ3n) is 3.05. The molecule has 1 fully saturated rings. The van der Waals surface area contributed by atoms with E-state index in [0.29, 0.717) is 22.9 Å². The van der Waals surface area contributed by atoms with Crippen LogP contribution < -0.4 is 15.8 Å². The molecule has 7 heteroatoms. The van der Waals surface area contributed by atoms with Crippen LogP contribution in [0.5, 0.6) is 0 Å². The fourth-order valence-corrected chi connectivity index (χ4v) is 2.64. The zero-order valence-electron chi connectivity index (χ0n) is 10.0. The highest BCUT2D eigenvalue weighted by Crippen LogP contribution is 2.20. The Bertz CT molecular complexity index is 445. The minimum Gasteiger partial charge on any atom is -0.395 e. The van der Waals surface area contributed by atoms with Crippen molar-refractivity contribution < 1.29 is 5.11 Å². The van der Waals surface area contributed by atoms with Gasteiger partial charge in [0.15, 0.2) is 0 Å². The predicted octanol–water partition coefficient (Wildman–Crippen LogP) is 0.0831. The van der Waals surface area contributed by atoms with Crippen molar-refractivity contribution in [3.63, 3.8) is 0 Å². The first-order valence-corrected chi connectivity index (χ1v) is 6.84. The van der Waals surface area contributed by atoms with Gasteiger partial charge in [0.2, 0.25) is 0 Å². The summed E-state index contributed by atoms with van der Waals surface area (Å²) in [5.41, 5.74) is -0.206. The summed E-state index contributed by atoms with van der Waals surface area (Å²) in [6, 6.07) is 0.393. The number of aliphatic hydroxyl groups is 1. The lowest BCUT2D eigenvalue weighted by Crippen LogP contribution is -2.40. The highest BCUT2D eigenvalue weighted by molar-refractivity contribution is 9.10. The topological polar surface area (TPSA) is 81.2 Å². The molecule has 1 saturated heterocycles. The van der Waals surface area contributed by atoms with Crippen LogP contribution in [0.15, 0.2) is 15.6 Å². The maximum atomic E-state index is 11.5. The predicted molar refractivity (Wildman–Crippen MR) is 72.9 cm³/mol. The van der Waals surface area contributed by atoms with Gasteiger partial charge in [-0.3, -0.25) is 4.79 Å². The standard InChI is InChI=1S/C11H17BrN4O2/c12-9-10(14-7-15-11(9)18)16(4-5-17)6-8-2-1-3-13-8/h7-8,13,17H,1-6H2,(H,14,15,18). The summed E-state index contributed by atoms with van der Waals surface area (Å²) >= 11 is 3.25. The van der Waals surface area contributed by atoms with Crippen LogP contribution in [-0.4, -0.2) is 47.4 Å². The van der Waals surface area contributed by atoms with E-state index in [9.17, 15) is 4.79 Å². The Hall–Kier alpha value is -0.920. The van der Waals surface area contributed by atoms with E-state index < -0.39 is 0 Å². The lowest BCUT2D eigenvalue weighted by molar-refractivity contribution is 0.300. The second-order valence-corrected chi connectivity index (χ2v) is 5.13. The molecule has 100 valence electrons. The number of anilines is 1. The molecule has 1 aromatic heterocycles. The van der Waals surface area contributed by atoms with Crippen molar-refractivity contribution in [2.45, 2.75) is 18.9 Å². The Morgan fingerprint density at radius 3 is 3.11 bits per heavy atom. The highest BCUT2D eigenvalue weighted by Gasteiger charge is 2.20. The number of H-pyrrole nitrogens is 1. The lowest BCUT2D eigenvalue weighted by atomic mass is 10.2. The van der Waals surface area contributed by atoms with E-state index in [2.05, 4.69) is 31.2 Å². The highest BCUT2D eigenvalue weighted by atomic mass is 79.9. The summed E-state index contributed by atoms with van der Waals surface area (Å²) < 4.78 is 0.413. The smallest absolute Gasteiger partial charge is 0.267 e. The molecule has 1 atom stereocenters. The molecule has 6 nitrogen and oxygen atoms in total. The molecule has 0 aromatic carbocycles. The van der Waals surface area contributed by atoms with Gasteiger partial charge >= 0.3 is 0 Å².